The zero-order valence-electron chi connectivity index (χ0n) is 25.0. The second kappa shape index (κ2) is 12.0. The van der Waals surface area contributed by atoms with Crippen LogP contribution in [0.4, 0.5) is 0 Å². The molecule has 0 atom stereocenters. The number of hydrogen-bond donors (Lipinski definition) is 0. The Bertz CT molecular complexity index is 1300. The number of ketones is 1. The fourth-order valence-electron chi connectivity index (χ4n) is 5.94. The number of esters is 1. The van der Waals surface area contributed by atoms with Gasteiger partial charge in [-0.1, -0.05) is 89.8 Å². The average molecular weight is 541 g/mol. The predicted octanol–water partition coefficient (Wildman–Crippen LogP) is 9.34. The van der Waals surface area contributed by atoms with Gasteiger partial charge in [-0.2, -0.15) is 0 Å². The maximum absolute atomic E-state index is 12.9. The maximum Gasteiger partial charge on any atom is 0.343 e. The monoisotopic (exact) mass is 540 g/mol. The molecule has 0 unspecified atom stereocenters. The number of carbonyl (C=O) groups excluding carboxylic acids is 2. The Morgan fingerprint density at radius 2 is 1.30 bits per heavy atom. The van der Waals surface area contributed by atoms with Gasteiger partial charge in [-0.05, 0) is 80.6 Å². The Balaban J connectivity index is 1.53. The van der Waals surface area contributed by atoms with Gasteiger partial charge in [0.1, 0.15) is 17.1 Å². The third-order valence-corrected chi connectivity index (χ3v) is 8.02. The number of carbonyl (C=O) groups is 2. The molecule has 0 spiro atoms. The molecule has 1 aliphatic carbocycles. The van der Waals surface area contributed by atoms with Crippen LogP contribution in [-0.2, 0) is 5.41 Å². The molecule has 1 saturated carbocycles. The van der Waals surface area contributed by atoms with Crippen molar-refractivity contribution in [2.75, 3.05) is 0 Å². The smallest absolute Gasteiger partial charge is 0.343 e. The molecule has 0 saturated heterocycles. The van der Waals surface area contributed by atoms with Gasteiger partial charge in [0.15, 0.2) is 5.78 Å². The number of rotatable bonds is 9. The quantitative estimate of drug-likeness (QED) is 0.154. The highest BCUT2D eigenvalue weighted by Gasteiger charge is 2.36. The van der Waals surface area contributed by atoms with Gasteiger partial charge in [0.2, 0.25) is 0 Å². The summed E-state index contributed by atoms with van der Waals surface area (Å²) in [4.78, 5) is 25.6. The van der Waals surface area contributed by atoms with Crippen LogP contribution in [0.2, 0.25) is 0 Å². The summed E-state index contributed by atoms with van der Waals surface area (Å²) in [6, 6.07) is 23.4. The first-order valence-electron chi connectivity index (χ1n) is 14.7. The summed E-state index contributed by atoms with van der Waals surface area (Å²) in [5.74, 6) is 0.927. The Hall–Kier alpha value is -3.40. The van der Waals surface area contributed by atoms with Crippen molar-refractivity contribution < 1.29 is 19.1 Å². The predicted molar refractivity (Wildman–Crippen MR) is 162 cm³/mol. The van der Waals surface area contributed by atoms with Crippen molar-refractivity contribution in [2.45, 2.75) is 97.5 Å². The minimum absolute atomic E-state index is 0.00597. The van der Waals surface area contributed by atoms with Crippen molar-refractivity contribution in [3.8, 4) is 11.5 Å². The largest absolute Gasteiger partial charge is 0.488 e. The molecule has 1 aliphatic rings. The lowest BCUT2D eigenvalue weighted by molar-refractivity contribution is 0.0734. The van der Waals surface area contributed by atoms with Crippen LogP contribution in [0.5, 0.6) is 11.5 Å². The summed E-state index contributed by atoms with van der Waals surface area (Å²) in [6.07, 6.45) is 7.88. The average Bonchev–Trinajstić information content (AvgIpc) is 2.93. The molecule has 0 N–H and O–H groups in total. The Labute approximate surface area is 240 Å². The summed E-state index contributed by atoms with van der Waals surface area (Å²) in [5.41, 5.74) is 2.65. The Kier molecular flexibility index (Phi) is 8.87. The number of ether oxygens (including phenoxy) is 2. The number of hydrogen-bond acceptors (Lipinski definition) is 4. The van der Waals surface area contributed by atoms with E-state index in [1.165, 1.54) is 30.4 Å². The second-order valence-electron chi connectivity index (χ2n) is 12.9. The minimum atomic E-state index is -0.521. The maximum atomic E-state index is 12.9. The first-order chi connectivity index (χ1) is 18.9. The van der Waals surface area contributed by atoms with Gasteiger partial charge in [0, 0.05) is 16.4 Å². The van der Waals surface area contributed by atoms with Crippen molar-refractivity contribution in [1.29, 1.82) is 0 Å². The van der Waals surface area contributed by atoms with E-state index in [2.05, 4.69) is 57.2 Å². The molecule has 0 aliphatic heterocycles. The first-order valence-corrected chi connectivity index (χ1v) is 14.7. The highest BCUT2D eigenvalue weighted by molar-refractivity contribution is 6.02. The minimum Gasteiger partial charge on any atom is -0.488 e. The molecular formula is C36H44O4. The van der Waals surface area contributed by atoms with Crippen LogP contribution in [0.25, 0.3) is 0 Å². The highest BCUT2D eigenvalue weighted by Crippen LogP contribution is 2.45. The fraction of sp³-hybridized carbons (Fsp3) is 0.444. The van der Waals surface area contributed by atoms with Gasteiger partial charge < -0.3 is 9.47 Å². The molecular weight excluding hydrogens is 496 g/mol. The molecule has 4 nitrogen and oxygen atoms in total. The van der Waals surface area contributed by atoms with Gasteiger partial charge in [0.25, 0.3) is 0 Å². The summed E-state index contributed by atoms with van der Waals surface area (Å²) in [5, 5.41) is 0. The lowest BCUT2D eigenvalue weighted by Gasteiger charge is -2.39. The van der Waals surface area contributed by atoms with Crippen molar-refractivity contribution in [3.63, 3.8) is 0 Å². The molecule has 212 valence electrons. The van der Waals surface area contributed by atoms with E-state index >= 15 is 0 Å². The summed E-state index contributed by atoms with van der Waals surface area (Å²) >= 11 is 0. The van der Waals surface area contributed by atoms with Gasteiger partial charge in [-0.3, -0.25) is 4.79 Å². The molecule has 4 rings (SSSR count). The Morgan fingerprint density at radius 3 is 1.85 bits per heavy atom. The molecule has 0 amide bonds. The van der Waals surface area contributed by atoms with Crippen LogP contribution in [0.1, 0.15) is 118 Å². The summed E-state index contributed by atoms with van der Waals surface area (Å²) in [6.45, 7) is 12.1. The molecule has 0 bridgehead atoms. The fourth-order valence-corrected chi connectivity index (χ4v) is 5.94. The zero-order chi connectivity index (χ0) is 29.0. The summed E-state index contributed by atoms with van der Waals surface area (Å²) < 4.78 is 12.0. The van der Waals surface area contributed by atoms with Gasteiger partial charge in [0.05, 0.1) is 5.56 Å². The highest BCUT2D eigenvalue weighted by atomic mass is 16.5. The normalized spacial score (nSPS) is 15.3. The van der Waals surface area contributed by atoms with E-state index in [1.807, 2.05) is 32.9 Å². The zero-order valence-corrected chi connectivity index (χ0v) is 25.0. The molecule has 0 heterocycles. The van der Waals surface area contributed by atoms with Gasteiger partial charge >= 0.3 is 5.97 Å². The molecule has 3 aromatic carbocycles. The van der Waals surface area contributed by atoms with Crippen molar-refractivity contribution in [3.05, 3.63) is 95.1 Å². The molecule has 40 heavy (non-hydrogen) atoms. The van der Waals surface area contributed by atoms with E-state index in [4.69, 9.17) is 9.47 Å². The molecule has 4 heteroatoms. The number of benzene rings is 3. The Morgan fingerprint density at radius 1 is 0.750 bits per heavy atom. The van der Waals surface area contributed by atoms with Crippen LogP contribution in [0, 0.1) is 5.41 Å². The van der Waals surface area contributed by atoms with Crippen LogP contribution in [0.15, 0.2) is 72.8 Å². The van der Waals surface area contributed by atoms with E-state index in [0.29, 0.717) is 16.9 Å². The van der Waals surface area contributed by atoms with E-state index in [-0.39, 0.29) is 16.8 Å². The van der Waals surface area contributed by atoms with E-state index < -0.39 is 11.4 Å². The van der Waals surface area contributed by atoms with Crippen LogP contribution < -0.4 is 9.47 Å². The van der Waals surface area contributed by atoms with Crippen LogP contribution in [-0.4, -0.2) is 17.4 Å². The second-order valence-corrected chi connectivity index (χ2v) is 12.9. The third-order valence-electron chi connectivity index (χ3n) is 8.02. The molecule has 0 aromatic heterocycles. The van der Waals surface area contributed by atoms with Gasteiger partial charge in [-0.25, -0.2) is 4.79 Å². The number of Topliss-reactive ketones (excluding diaryl/α,β-unsaturated/α-hetero) is 1. The van der Waals surface area contributed by atoms with Crippen molar-refractivity contribution >= 4 is 11.8 Å². The topological polar surface area (TPSA) is 52.6 Å². The van der Waals surface area contributed by atoms with E-state index in [1.54, 1.807) is 24.3 Å². The van der Waals surface area contributed by atoms with E-state index in [9.17, 15) is 9.59 Å². The first kappa shape index (κ1) is 29.6. The molecule has 0 radical (unpaired) electrons. The molecule has 1 fully saturated rings. The molecule has 3 aromatic rings. The van der Waals surface area contributed by atoms with E-state index in [0.717, 1.165) is 31.4 Å². The van der Waals surface area contributed by atoms with Crippen molar-refractivity contribution in [2.24, 2.45) is 5.41 Å². The standard InChI is InChI=1S/C36H44O4/c1-7-22-35(5,6)40-31-20-16-29(17-21-31)36(23-9-8-10-24-36)28-14-18-30(19-15-28)39-33(38)27-13-11-12-26(25-27)32(37)34(2,3)4/h11-21,25H,7-10,22-24H2,1-6H3. The van der Waals surface area contributed by atoms with Crippen molar-refractivity contribution in [1.82, 2.24) is 0 Å². The lowest BCUT2D eigenvalue weighted by atomic mass is 9.65. The van der Waals surface area contributed by atoms with Gasteiger partial charge in [-0.15, -0.1) is 0 Å². The van der Waals surface area contributed by atoms with Crippen LogP contribution in [0.3, 0.4) is 0 Å². The lowest BCUT2D eigenvalue weighted by Crippen LogP contribution is -2.30. The van der Waals surface area contributed by atoms with Crippen LogP contribution >= 0.6 is 0 Å². The summed E-state index contributed by atoms with van der Waals surface area (Å²) in [7, 11) is 0. The third kappa shape index (κ3) is 6.83. The SMILES string of the molecule is CCCC(C)(C)Oc1ccc(C2(c3ccc(OC(=O)c4cccc(C(=O)C(C)(C)C)c4)cc3)CCCCC2)cc1.